The smallest absolute Gasteiger partial charge is 0.0726 e. The summed E-state index contributed by atoms with van der Waals surface area (Å²) < 4.78 is 7.51. The number of nitrogens with zero attached hydrogens (tertiary/aromatic N) is 3. The molecular formula is C78H55N3. The van der Waals surface area contributed by atoms with Crippen molar-refractivity contribution < 1.29 is 0 Å². The van der Waals surface area contributed by atoms with E-state index < -0.39 is 5.41 Å². The van der Waals surface area contributed by atoms with Gasteiger partial charge in [-0.3, -0.25) is 0 Å². The van der Waals surface area contributed by atoms with Gasteiger partial charge in [-0.15, -0.1) is 0 Å². The van der Waals surface area contributed by atoms with E-state index in [0.717, 1.165) is 17.8 Å². The number of allylic oxidation sites excluding steroid dienone is 11. The van der Waals surface area contributed by atoms with Crippen molar-refractivity contribution in [2.45, 2.75) is 38.0 Å². The van der Waals surface area contributed by atoms with Gasteiger partial charge < -0.3 is 13.7 Å². The molecule has 3 nitrogen and oxygen atoms in total. The van der Waals surface area contributed by atoms with Gasteiger partial charge in [-0.1, -0.05) is 196 Å². The van der Waals surface area contributed by atoms with E-state index in [1.165, 1.54) is 149 Å². The molecule has 3 heteroatoms. The van der Waals surface area contributed by atoms with Gasteiger partial charge in [0.1, 0.15) is 0 Å². The summed E-state index contributed by atoms with van der Waals surface area (Å²) in [7, 11) is 0. The number of hydrogen-bond donors (Lipinski definition) is 0. The van der Waals surface area contributed by atoms with Crippen molar-refractivity contribution in [1.82, 2.24) is 13.7 Å². The molecule has 0 amide bonds. The highest BCUT2D eigenvalue weighted by atomic mass is 15.0. The molecular weight excluding hydrogens is 979 g/mol. The Kier molecular flexibility index (Phi) is 9.53. The SMILES string of the molecule is C=CC1=C(/C=C\C)C2(C3=C1C=CCC=C3)c1ccccc1-c1cc3c4cc(-c5ccc6c(c5)c5cccc7c5n6-c5ccccc5C7(C)C)ccc4n(-c4ccc5c(c4)c4ccccc4n5-c4cccc(-c5ccccc5)c4)c3cc12. The summed E-state index contributed by atoms with van der Waals surface area (Å²) in [4.78, 5) is 0. The van der Waals surface area contributed by atoms with Gasteiger partial charge in [0, 0.05) is 49.1 Å². The van der Waals surface area contributed by atoms with Crippen LogP contribution in [0.15, 0.2) is 284 Å². The van der Waals surface area contributed by atoms with Gasteiger partial charge in [0.15, 0.2) is 0 Å². The molecule has 81 heavy (non-hydrogen) atoms. The van der Waals surface area contributed by atoms with Gasteiger partial charge >= 0.3 is 0 Å². The van der Waals surface area contributed by atoms with Gasteiger partial charge in [-0.2, -0.15) is 0 Å². The Bertz CT molecular complexity index is 5130. The molecule has 0 radical (unpaired) electrons. The lowest BCUT2D eigenvalue weighted by Gasteiger charge is -2.34. The molecule has 1 unspecified atom stereocenters. The van der Waals surface area contributed by atoms with Crippen LogP contribution in [0.1, 0.15) is 49.4 Å². The quantitative estimate of drug-likeness (QED) is 0.158. The van der Waals surface area contributed by atoms with E-state index in [4.69, 9.17) is 0 Å². The third-order valence-corrected chi connectivity index (χ3v) is 18.7. The summed E-state index contributed by atoms with van der Waals surface area (Å²) >= 11 is 0. The zero-order valence-electron chi connectivity index (χ0n) is 45.5. The number of rotatable bonds is 6. The van der Waals surface area contributed by atoms with E-state index in [0.29, 0.717) is 0 Å². The minimum Gasteiger partial charge on any atom is -0.309 e. The fraction of sp³-hybridized carbons (Fsp3) is 0.0769. The molecule has 17 rings (SSSR count). The lowest BCUT2D eigenvalue weighted by Crippen LogP contribution is -2.27. The molecule has 10 aromatic carbocycles. The Morgan fingerprint density at radius 1 is 0.432 bits per heavy atom. The highest BCUT2D eigenvalue weighted by Gasteiger charge is 2.52. The number of para-hydroxylation sites is 3. The van der Waals surface area contributed by atoms with Crippen LogP contribution in [-0.4, -0.2) is 13.7 Å². The van der Waals surface area contributed by atoms with Crippen LogP contribution in [0.3, 0.4) is 0 Å². The Morgan fingerprint density at radius 2 is 1.04 bits per heavy atom. The van der Waals surface area contributed by atoms with Gasteiger partial charge in [0.2, 0.25) is 0 Å². The second-order valence-corrected chi connectivity index (χ2v) is 23.1. The fourth-order valence-electron chi connectivity index (χ4n) is 15.3. The van der Waals surface area contributed by atoms with Crippen molar-refractivity contribution in [1.29, 1.82) is 0 Å². The van der Waals surface area contributed by atoms with Crippen LogP contribution in [0.2, 0.25) is 0 Å². The van der Waals surface area contributed by atoms with Gasteiger partial charge in [0.05, 0.1) is 44.2 Å². The summed E-state index contributed by atoms with van der Waals surface area (Å²) in [5.41, 5.74) is 27.8. The van der Waals surface area contributed by atoms with E-state index in [1.54, 1.807) is 0 Å². The molecule has 1 spiro atoms. The molecule has 3 aromatic heterocycles. The fourth-order valence-corrected chi connectivity index (χ4v) is 15.3. The van der Waals surface area contributed by atoms with E-state index in [2.05, 4.69) is 296 Å². The summed E-state index contributed by atoms with van der Waals surface area (Å²) in [5, 5.41) is 7.46. The molecule has 3 aliphatic carbocycles. The zero-order chi connectivity index (χ0) is 53.9. The molecule has 0 saturated carbocycles. The highest BCUT2D eigenvalue weighted by molar-refractivity contribution is 6.16. The molecule has 0 N–H and O–H groups in total. The van der Waals surface area contributed by atoms with E-state index in [9.17, 15) is 0 Å². The van der Waals surface area contributed by atoms with Crippen LogP contribution in [0.5, 0.6) is 0 Å². The lowest BCUT2D eigenvalue weighted by atomic mass is 9.68. The van der Waals surface area contributed by atoms with E-state index in [-0.39, 0.29) is 5.41 Å². The largest absolute Gasteiger partial charge is 0.309 e. The van der Waals surface area contributed by atoms with Crippen LogP contribution in [0, 0.1) is 0 Å². The second-order valence-electron chi connectivity index (χ2n) is 23.1. The van der Waals surface area contributed by atoms with Crippen LogP contribution in [0.4, 0.5) is 0 Å². The van der Waals surface area contributed by atoms with Gasteiger partial charge in [-0.05, 0) is 170 Å². The number of hydrogen-bond acceptors (Lipinski definition) is 0. The topological polar surface area (TPSA) is 14.8 Å². The van der Waals surface area contributed by atoms with Crippen molar-refractivity contribution in [2.75, 3.05) is 0 Å². The summed E-state index contributed by atoms with van der Waals surface area (Å²) in [6.45, 7) is 11.4. The van der Waals surface area contributed by atoms with E-state index in [1.807, 2.05) is 0 Å². The zero-order valence-corrected chi connectivity index (χ0v) is 45.5. The molecule has 0 fully saturated rings. The van der Waals surface area contributed by atoms with Crippen molar-refractivity contribution >= 4 is 65.4 Å². The third kappa shape index (κ3) is 6.07. The van der Waals surface area contributed by atoms with Crippen LogP contribution in [0.25, 0.3) is 116 Å². The Labute approximate surface area is 471 Å². The number of aromatic nitrogens is 3. The van der Waals surface area contributed by atoms with Crippen molar-refractivity contribution in [2.24, 2.45) is 0 Å². The molecule has 0 bridgehead atoms. The summed E-state index contributed by atoms with van der Waals surface area (Å²) in [6, 6.07) is 80.2. The van der Waals surface area contributed by atoms with Crippen molar-refractivity contribution in [3.8, 4) is 50.4 Å². The first-order valence-electron chi connectivity index (χ1n) is 28.5. The van der Waals surface area contributed by atoms with Crippen molar-refractivity contribution in [3.63, 3.8) is 0 Å². The maximum absolute atomic E-state index is 4.48. The average molecular weight is 1030 g/mol. The molecule has 0 saturated heterocycles. The maximum atomic E-state index is 4.48. The molecule has 4 heterocycles. The summed E-state index contributed by atoms with van der Waals surface area (Å²) in [6.07, 6.45) is 16.9. The minimum atomic E-state index is -0.555. The molecule has 382 valence electrons. The van der Waals surface area contributed by atoms with Crippen LogP contribution >= 0.6 is 0 Å². The third-order valence-electron chi connectivity index (χ3n) is 18.7. The second kappa shape index (κ2) is 16.8. The first kappa shape index (κ1) is 46.0. The molecule has 4 aliphatic rings. The molecule has 1 atom stereocenters. The van der Waals surface area contributed by atoms with Gasteiger partial charge in [-0.25, -0.2) is 0 Å². The number of benzene rings is 10. The highest BCUT2D eigenvalue weighted by Crippen LogP contribution is 2.63. The molecule has 13 aromatic rings. The standard InChI is InChI=1S/C78H55N3/c1-5-21-64-54(6-2)55-26-11-8-12-30-65(55)78(64)66-31-15-13-27-56(66)59-46-63-61-44-51(50-37-40-73-60(43-50)58-29-20-33-68-76(58)81(73)74-35-18-16-32-67(74)77(68,3)4)36-39-71(61)80(75(63)47-69(59)78)53-38-41-72-62(45-53)57-28-14-17-34-70(57)79(72)52-25-19-24-49(42-52)48-22-9-7-10-23-48/h5-7,9-47H,2,8H2,1,3-4H3/b21-5-. The van der Waals surface area contributed by atoms with Crippen LogP contribution < -0.4 is 0 Å². The average Bonchev–Trinajstić information content (AvgIpc) is 2.70. The van der Waals surface area contributed by atoms with Gasteiger partial charge in [0.25, 0.3) is 0 Å². The lowest BCUT2D eigenvalue weighted by molar-refractivity contribution is 0.630. The Balaban J connectivity index is 0.933. The predicted molar refractivity (Wildman–Crippen MR) is 341 cm³/mol. The predicted octanol–water partition coefficient (Wildman–Crippen LogP) is 20.1. The van der Waals surface area contributed by atoms with Crippen LogP contribution in [-0.2, 0) is 10.8 Å². The first-order chi connectivity index (χ1) is 39.9. The Morgan fingerprint density at radius 3 is 1.86 bits per heavy atom. The normalized spacial score (nSPS) is 16.7. The van der Waals surface area contributed by atoms with E-state index >= 15 is 0 Å². The summed E-state index contributed by atoms with van der Waals surface area (Å²) in [5.74, 6) is 0. The minimum absolute atomic E-state index is 0.127. The number of fused-ring (bicyclic) bond motifs is 17. The monoisotopic (exact) mass is 1030 g/mol. The van der Waals surface area contributed by atoms with Crippen molar-refractivity contribution in [3.05, 3.63) is 306 Å². The first-order valence-corrected chi connectivity index (χ1v) is 28.5. The maximum Gasteiger partial charge on any atom is 0.0726 e. The molecule has 1 aliphatic heterocycles. The Hall–Kier alpha value is -9.96.